The molecule has 0 aliphatic carbocycles. The number of anilines is 3. The van der Waals surface area contributed by atoms with Gasteiger partial charge in [-0.1, -0.05) is 41.9 Å². The number of benzene rings is 3. The van der Waals surface area contributed by atoms with Crippen LogP contribution in [0.15, 0.2) is 78.9 Å². The molecule has 0 N–H and O–H groups in total. The van der Waals surface area contributed by atoms with Crippen LogP contribution >= 0.6 is 11.6 Å². The molecule has 2 aliphatic heterocycles. The average Bonchev–Trinajstić information content (AvgIpc) is 3.31. The van der Waals surface area contributed by atoms with Crippen LogP contribution in [0.4, 0.5) is 17.1 Å². The highest BCUT2D eigenvalue weighted by Crippen LogP contribution is 2.47. The minimum absolute atomic E-state index is 0.276. The molecule has 2 saturated heterocycles. The molecule has 0 saturated carbocycles. The van der Waals surface area contributed by atoms with Gasteiger partial charge in [0.2, 0.25) is 5.91 Å². The lowest BCUT2D eigenvalue weighted by molar-refractivity contribution is -0.126. The van der Waals surface area contributed by atoms with Gasteiger partial charge in [0.1, 0.15) is 5.92 Å². The van der Waals surface area contributed by atoms with Crippen LogP contribution in [0.25, 0.3) is 0 Å². The zero-order chi connectivity index (χ0) is 22.4. The minimum Gasteiger partial charge on any atom is -0.378 e. The van der Waals surface area contributed by atoms with E-state index in [0.29, 0.717) is 10.7 Å². The lowest BCUT2D eigenvalue weighted by Gasteiger charge is -2.29. The second-order valence-corrected chi connectivity index (χ2v) is 8.57. The Bertz CT molecular complexity index is 1150. The van der Waals surface area contributed by atoms with Crippen LogP contribution in [0.2, 0.25) is 5.02 Å². The molecular formula is C25H22ClN3O3. The van der Waals surface area contributed by atoms with Crippen LogP contribution in [0.3, 0.4) is 0 Å². The van der Waals surface area contributed by atoms with E-state index < -0.39 is 18.1 Å². The van der Waals surface area contributed by atoms with Crippen molar-refractivity contribution in [1.29, 1.82) is 0 Å². The minimum atomic E-state index is -0.892. The number of amides is 2. The van der Waals surface area contributed by atoms with Gasteiger partial charge in [-0.2, -0.15) is 0 Å². The number of imide groups is 1. The van der Waals surface area contributed by atoms with Gasteiger partial charge in [-0.05, 0) is 54.1 Å². The molecule has 2 aliphatic rings. The number of hydrogen-bond donors (Lipinski definition) is 0. The summed E-state index contributed by atoms with van der Waals surface area (Å²) in [5.74, 6) is -1.30. The van der Waals surface area contributed by atoms with Gasteiger partial charge in [-0.15, -0.1) is 0 Å². The molecule has 0 bridgehead atoms. The number of para-hydroxylation sites is 1. The third kappa shape index (κ3) is 3.32. The quantitative estimate of drug-likeness (QED) is 0.553. The molecule has 0 aromatic heterocycles. The molecule has 3 aromatic carbocycles. The highest BCUT2D eigenvalue weighted by atomic mass is 35.5. The SMILES string of the molecule is CN(C)c1ccc([C@@H]2[C@@H]3C(=O)N(c4ccc(Cl)cc4)C(=O)[C@H]3ON2c2ccccc2)cc1. The first-order chi connectivity index (χ1) is 15.5. The summed E-state index contributed by atoms with van der Waals surface area (Å²) >= 11 is 5.99. The Balaban J connectivity index is 1.56. The summed E-state index contributed by atoms with van der Waals surface area (Å²) in [6, 6.07) is 23.8. The van der Waals surface area contributed by atoms with Gasteiger partial charge in [-0.3, -0.25) is 14.4 Å². The van der Waals surface area contributed by atoms with E-state index in [1.807, 2.05) is 73.6 Å². The highest BCUT2D eigenvalue weighted by molar-refractivity contribution is 6.31. The molecule has 2 heterocycles. The molecule has 32 heavy (non-hydrogen) atoms. The fourth-order valence-corrected chi connectivity index (χ4v) is 4.49. The van der Waals surface area contributed by atoms with Gasteiger partial charge in [0.25, 0.3) is 5.91 Å². The lowest BCUT2D eigenvalue weighted by Crippen LogP contribution is -2.37. The van der Waals surface area contributed by atoms with Crippen molar-refractivity contribution in [2.24, 2.45) is 5.92 Å². The topological polar surface area (TPSA) is 53.1 Å². The van der Waals surface area contributed by atoms with Crippen molar-refractivity contribution in [3.05, 3.63) is 89.4 Å². The van der Waals surface area contributed by atoms with Gasteiger partial charge in [0, 0.05) is 24.8 Å². The Kier molecular flexibility index (Phi) is 5.12. The van der Waals surface area contributed by atoms with Gasteiger partial charge < -0.3 is 4.90 Å². The third-order valence-corrected chi connectivity index (χ3v) is 6.21. The number of rotatable bonds is 4. The monoisotopic (exact) mass is 447 g/mol. The number of carbonyl (C=O) groups excluding carboxylic acids is 2. The highest BCUT2D eigenvalue weighted by Gasteiger charge is 2.60. The molecule has 6 nitrogen and oxygen atoms in total. The molecule has 0 spiro atoms. The van der Waals surface area contributed by atoms with Crippen molar-refractivity contribution in [3.8, 4) is 0 Å². The van der Waals surface area contributed by atoms with Crippen molar-refractivity contribution < 1.29 is 14.4 Å². The first kappa shape index (κ1) is 20.5. The fourth-order valence-electron chi connectivity index (χ4n) is 4.37. The van der Waals surface area contributed by atoms with E-state index in [0.717, 1.165) is 16.9 Å². The molecule has 7 heteroatoms. The average molecular weight is 448 g/mol. The lowest BCUT2D eigenvalue weighted by atomic mass is 9.90. The van der Waals surface area contributed by atoms with Crippen LogP contribution in [-0.2, 0) is 14.4 Å². The first-order valence-electron chi connectivity index (χ1n) is 10.4. The maximum absolute atomic E-state index is 13.6. The number of carbonyl (C=O) groups is 2. The van der Waals surface area contributed by atoms with Gasteiger partial charge >= 0.3 is 0 Å². The molecule has 3 aromatic rings. The number of halogens is 1. The molecular weight excluding hydrogens is 426 g/mol. The van der Waals surface area contributed by atoms with Crippen LogP contribution in [0.5, 0.6) is 0 Å². The summed E-state index contributed by atoms with van der Waals surface area (Å²) in [7, 11) is 3.95. The Morgan fingerprint density at radius 3 is 2.09 bits per heavy atom. The number of hydrogen-bond acceptors (Lipinski definition) is 5. The van der Waals surface area contributed by atoms with Crippen LogP contribution in [-0.4, -0.2) is 32.0 Å². The Morgan fingerprint density at radius 2 is 1.47 bits per heavy atom. The number of nitrogens with zero attached hydrogens (tertiary/aromatic N) is 3. The Hall–Kier alpha value is -3.35. The summed E-state index contributed by atoms with van der Waals surface area (Å²) in [6.45, 7) is 0. The Morgan fingerprint density at radius 1 is 0.812 bits per heavy atom. The van der Waals surface area contributed by atoms with Crippen LogP contribution in [0, 0.1) is 5.92 Å². The van der Waals surface area contributed by atoms with Crippen molar-refractivity contribution in [2.45, 2.75) is 12.1 Å². The molecule has 2 fully saturated rings. The summed E-state index contributed by atoms with van der Waals surface area (Å²) in [5.41, 5.74) is 3.25. The molecule has 2 amide bonds. The Labute approximate surface area is 191 Å². The maximum atomic E-state index is 13.6. The van der Waals surface area contributed by atoms with Crippen LogP contribution < -0.4 is 14.9 Å². The first-order valence-corrected chi connectivity index (χ1v) is 10.8. The van der Waals surface area contributed by atoms with Crippen molar-refractivity contribution >= 4 is 40.5 Å². The van der Waals surface area contributed by atoms with E-state index in [2.05, 4.69) is 0 Å². The van der Waals surface area contributed by atoms with E-state index in [1.54, 1.807) is 29.3 Å². The number of hydroxylamine groups is 1. The van der Waals surface area contributed by atoms with Gasteiger partial charge in [0.15, 0.2) is 6.10 Å². The smallest absolute Gasteiger partial charge is 0.266 e. The van der Waals surface area contributed by atoms with Crippen molar-refractivity contribution in [3.63, 3.8) is 0 Å². The second-order valence-electron chi connectivity index (χ2n) is 8.13. The summed E-state index contributed by atoms with van der Waals surface area (Å²) in [6.07, 6.45) is -0.892. The summed E-state index contributed by atoms with van der Waals surface area (Å²) in [4.78, 5) is 36.3. The summed E-state index contributed by atoms with van der Waals surface area (Å²) in [5, 5.41) is 2.24. The second kappa shape index (κ2) is 7.97. The third-order valence-electron chi connectivity index (χ3n) is 5.96. The molecule has 5 rings (SSSR count). The molecule has 162 valence electrons. The van der Waals surface area contributed by atoms with Crippen molar-refractivity contribution in [2.75, 3.05) is 29.0 Å². The molecule has 0 unspecified atom stereocenters. The summed E-state index contributed by atoms with van der Waals surface area (Å²) < 4.78 is 0. The van der Waals surface area contributed by atoms with Gasteiger partial charge in [0.05, 0.1) is 17.4 Å². The molecule has 0 radical (unpaired) electrons. The maximum Gasteiger partial charge on any atom is 0.266 e. The van der Waals surface area contributed by atoms with E-state index in [9.17, 15) is 9.59 Å². The van der Waals surface area contributed by atoms with E-state index in [1.165, 1.54) is 4.90 Å². The van der Waals surface area contributed by atoms with E-state index in [4.69, 9.17) is 16.4 Å². The predicted octanol–water partition coefficient (Wildman–Crippen LogP) is 4.46. The predicted molar refractivity (Wildman–Crippen MR) is 125 cm³/mol. The zero-order valence-electron chi connectivity index (χ0n) is 17.7. The molecule has 3 atom stereocenters. The number of fused-ring (bicyclic) bond motifs is 1. The standard InChI is InChI=1S/C25H22ClN3O3/c1-27(2)18-12-8-16(9-13-18)22-21-23(32-29(22)20-6-4-3-5-7-20)25(31)28(24(21)30)19-14-10-17(26)11-15-19/h3-15,21-23H,1-2H3/t21-,22+,23-/m0/s1. The largest absolute Gasteiger partial charge is 0.378 e. The van der Waals surface area contributed by atoms with E-state index in [-0.39, 0.29) is 11.8 Å². The normalized spacial score (nSPS) is 22.4. The van der Waals surface area contributed by atoms with Crippen molar-refractivity contribution in [1.82, 2.24) is 0 Å². The van der Waals surface area contributed by atoms with Crippen LogP contribution in [0.1, 0.15) is 11.6 Å². The van der Waals surface area contributed by atoms with Gasteiger partial charge in [-0.25, -0.2) is 9.96 Å². The fraction of sp³-hybridized carbons (Fsp3) is 0.200. The zero-order valence-corrected chi connectivity index (χ0v) is 18.4. The van der Waals surface area contributed by atoms with E-state index >= 15 is 0 Å².